The number of ether oxygens (including phenoxy) is 1. The Morgan fingerprint density at radius 1 is 0.850 bits per heavy atom. The molecule has 10 heteroatoms. The molecule has 0 atom stereocenters. The average molecular weight is 544 g/mol. The van der Waals surface area contributed by atoms with Crippen LogP contribution in [0.25, 0.3) is 0 Å². The van der Waals surface area contributed by atoms with Crippen LogP contribution < -0.4 is 15.1 Å². The van der Waals surface area contributed by atoms with Gasteiger partial charge in [0.1, 0.15) is 5.69 Å². The number of nitro groups is 1. The van der Waals surface area contributed by atoms with Crippen LogP contribution in [-0.4, -0.2) is 74.1 Å². The SMILES string of the molecule is CCc1ccc(C(=O)N2CCN(c3ccc(NC(=O)c4ccc(N5CCOCC5)c([N+](=O)[O-])c4)cc3)CC2)cc1. The lowest BCUT2D eigenvalue weighted by atomic mass is 10.1. The zero-order valence-corrected chi connectivity index (χ0v) is 22.5. The van der Waals surface area contributed by atoms with Crippen LogP contribution in [0.4, 0.5) is 22.7 Å². The number of morpholine rings is 1. The monoisotopic (exact) mass is 543 g/mol. The number of nitro benzene ring substituents is 1. The highest BCUT2D eigenvalue weighted by atomic mass is 16.6. The van der Waals surface area contributed by atoms with E-state index in [0.29, 0.717) is 69.4 Å². The largest absolute Gasteiger partial charge is 0.378 e. The van der Waals surface area contributed by atoms with Crippen LogP contribution in [0, 0.1) is 10.1 Å². The molecular formula is C30H33N5O5. The summed E-state index contributed by atoms with van der Waals surface area (Å²) in [6.45, 7) is 6.93. The van der Waals surface area contributed by atoms with Crippen molar-refractivity contribution in [3.63, 3.8) is 0 Å². The van der Waals surface area contributed by atoms with Crippen molar-refractivity contribution in [2.24, 2.45) is 0 Å². The minimum Gasteiger partial charge on any atom is -0.378 e. The van der Waals surface area contributed by atoms with E-state index in [0.717, 1.165) is 12.1 Å². The van der Waals surface area contributed by atoms with Crippen molar-refractivity contribution in [3.05, 3.63) is 93.5 Å². The van der Waals surface area contributed by atoms with Crippen molar-refractivity contribution in [2.75, 3.05) is 67.6 Å². The van der Waals surface area contributed by atoms with E-state index in [-0.39, 0.29) is 17.2 Å². The van der Waals surface area contributed by atoms with Gasteiger partial charge in [0.25, 0.3) is 17.5 Å². The summed E-state index contributed by atoms with van der Waals surface area (Å²) in [6, 6.07) is 19.9. The highest BCUT2D eigenvalue weighted by Gasteiger charge is 2.24. The number of amides is 2. The van der Waals surface area contributed by atoms with Gasteiger partial charge in [0.05, 0.1) is 18.1 Å². The van der Waals surface area contributed by atoms with E-state index in [1.54, 1.807) is 12.1 Å². The molecule has 2 aliphatic heterocycles. The number of hydrogen-bond acceptors (Lipinski definition) is 7. The maximum Gasteiger partial charge on any atom is 0.293 e. The van der Waals surface area contributed by atoms with Crippen LogP contribution in [0.5, 0.6) is 0 Å². The molecule has 5 rings (SSSR count). The first kappa shape index (κ1) is 27.1. The summed E-state index contributed by atoms with van der Waals surface area (Å²) in [5.74, 6) is -0.359. The number of nitrogens with one attached hydrogen (secondary N) is 1. The zero-order valence-electron chi connectivity index (χ0n) is 22.5. The van der Waals surface area contributed by atoms with E-state index >= 15 is 0 Å². The number of carbonyl (C=O) groups is 2. The van der Waals surface area contributed by atoms with Gasteiger partial charge in [-0.25, -0.2) is 0 Å². The smallest absolute Gasteiger partial charge is 0.293 e. The number of carbonyl (C=O) groups excluding carboxylic acids is 2. The van der Waals surface area contributed by atoms with Crippen LogP contribution >= 0.6 is 0 Å². The highest BCUT2D eigenvalue weighted by Crippen LogP contribution is 2.30. The topological polar surface area (TPSA) is 108 Å². The van der Waals surface area contributed by atoms with Gasteiger partial charge in [-0.15, -0.1) is 0 Å². The molecule has 0 radical (unpaired) electrons. The van der Waals surface area contributed by atoms with Gasteiger partial charge < -0.3 is 24.8 Å². The lowest BCUT2D eigenvalue weighted by Crippen LogP contribution is -2.48. The molecule has 40 heavy (non-hydrogen) atoms. The first-order chi connectivity index (χ1) is 19.4. The molecule has 208 valence electrons. The predicted molar refractivity (Wildman–Crippen MR) is 154 cm³/mol. The van der Waals surface area contributed by atoms with E-state index in [9.17, 15) is 19.7 Å². The fourth-order valence-electron chi connectivity index (χ4n) is 5.07. The first-order valence-electron chi connectivity index (χ1n) is 13.6. The van der Waals surface area contributed by atoms with Crippen molar-refractivity contribution in [1.29, 1.82) is 0 Å². The Morgan fingerprint density at radius 2 is 1.50 bits per heavy atom. The van der Waals surface area contributed by atoms with Crippen LogP contribution in [0.1, 0.15) is 33.2 Å². The van der Waals surface area contributed by atoms with Gasteiger partial charge in [0.2, 0.25) is 0 Å². The summed E-state index contributed by atoms with van der Waals surface area (Å²) < 4.78 is 5.34. The molecule has 2 saturated heterocycles. The quantitative estimate of drug-likeness (QED) is 0.351. The molecule has 2 amide bonds. The van der Waals surface area contributed by atoms with E-state index in [2.05, 4.69) is 17.1 Å². The second kappa shape index (κ2) is 12.2. The predicted octanol–water partition coefficient (Wildman–Crippen LogP) is 4.21. The number of benzene rings is 3. The summed E-state index contributed by atoms with van der Waals surface area (Å²) in [6.07, 6.45) is 0.945. The minimum absolute atomic E-state index is 0.0542. The van der Waals surface area contributed by atoms with E-state index in [1.165, 1.54) is 11.6 Å². The Balaban J connectivity index is 1.18. The molecule has 2 aliphatic rings. The first-order valence-corrected chi connectivity index (χ1v) is 13.6. The minimum atomic E-state index is -0.453. The number of piperazine rings is 1. The van der Waals surface area contributed by atoms with E-state index in [1.807, 2.05) is 58.3 Å². The number of aryl methyl sites for hydroxylation is 1. The Morgan fingerprint density at radius 3 is 2.12 bits per heavy atom. The van der Waals surface area contributed by atoms with Gasteiger partial charge >= 0.3 is 0 Å². The number of hydrogen-bond donors (Lipinski definition) is 1. The van der Waals surface area contributed by atoms with Crippen LogP contribution in [0.15, 0.2) is 66.7 Å². The number of rotatable bonds is 7. The van der Waals surface area contributed by atoms with Crippen molar-refractivity contribution in [2.45, 2.75) is 13.3 Å². The van der Waals surface area contributed by atoms with Crippen molar-refractivity contribution < 1.29 is 19.2 Å². The summed E-state index contributed by atoms with van der Waals surface area (Å²) in [4.78, 5) is 43.1. The maximum atomic E-state index is 12.9. The zero-order chi connectivity index (χ0) is 28.1. The lowest BCUT2D eigenvalue weighted by molar-refractivity contribution is -0.384. The third kappa shape index (κ3) is 6.07. The summed E-state index contributed by atoms with van der Waals surface area (Å²) in [7, 11) is 0. The maximum absolute atomic E-state index is 12.9. The molecule has 3 aromatic rings. The average Bonchev–Trinajstić information content (AvgIpc) is 3.01. The molecule has 0 unspecified atom stereocenters. The van der Waals surface area contributed by atoms with E-state index in [4.69, 9.17) is 4.74 Å². The van der Waals surface area contributed by atoms with Crippen molar-refractivity contribution in [1.82, 2.24) is 4.90 Å². The van der Waals surface area contributed by atoms with Gasteiger partial charge in [-0.05, 0) is 60.5 Å². The molecule has 3 aromatic carbocycles. The third-order valence-electron chi connectivity index (χ3n) is 7.45. The normalized spacial score (nSPS) is 15.6. The fourth-order valence-corrected chi connectivity index (χ4v) is 5.07. The van der Waals surface area contributed by atoms with Gasteiger partial charge in [-0.2, -0.15) is 0 Å². The molecule has 10 nitrogen and oxygen atoms in total. The van der Waals surface area contributed by atoms with Gasteiger partial charge in [0, 0.05) is 67.8 Å². The molecule has 0 aromatic heterocycles. The molecule has 0 bridgehead atoms. The standard InChI is InChI=1S/C30H33N5O5/c1-2-22-3-5-23(6-4-22)30(37)34-15-13-32(14-16-34)26-10-8-25(9-11-26)31-29(36)24-7-12-27(28(21-24)35(38)39)33-17-19-40-20-18-33/h3-12,21H,2,13-20H2,1H3,(H,31,36). The van der Waals surface area contributed by atoms with Gasteiger partial charge in [-0.1, -0.05) is 19.1 Å². The number of anilines is 3. The second-order valence-corrected chi connectivity index (χ2v) is 9.89. The molecule has 1 N–H and O–H groups in total. The summed E-state index contributed by atoms with van der Waals surface area (Å²) >= 11 is 0. The van der Waals surface area contributed by atoms with E-state index < -0.39 is 10.8 Å². The van der Waals surface area contributed by atoms with Gasteiger partial charge in [-0.3, -0.25) is 19.7 Å². The molecule has 0 spiro atoms. The molecule has 0 saturated carbocycles. The Hall–Kier alpha value is -4.44. The highest BCUT2D eigenvalue weighted by molar-refractivity contribution is 6.05. The van der Waals surface area contributed by atoms with Crippen LogP contribution in [-0.2, 0) is 11.2 Å². The van der Waals surface area contributed by atoms with Crippen LogP contribution in [0.3, 0.4) is 0 Å². The summed E-state index contributed by atoms with van der Waals surface area (Å²) in [5, 5.41) is 14.6. The molecule has 2 heterocycles. The third-order valence-corrected chi connectivity index (χ3v) is 7.45. The Kier molecular flexibility index (Phi) is 8.26. The lowest BCUT2D eigenvalue weighted by Gasteiger charge is -2.36. The van der Waals surface area contributed by atoms with Gasteiger partial charge in [0.15, 0.2) is 0 Å². The fraction of sp³-hybridized carbons (Fsp3) is 0.333. The second-order valence-electron chi connectivity index (χ2n) is 9.89. The van der Waals surface area contributed by atoms with Crippen molar-refractivity contribution in [3.8, 4) is 0 Å². The van der Waals surface area contributed by atoms with Crippen LogP contribution in [0.2, 0.25) is 0 Å². The summed E-state index contributed by atoms with van der Waals surface area (Å²) in [5.41, 5.74) is 4.14. The molecular weight excluding hydrogens is 510 g/mol. The molecule has 0 aliphatic carbocycles. The van der Waals surface area contributed by atoms with Crippen molar-refractivity contribution >= 4 is 34.6 Å². The Bertz CT molecular complexity index is 1360. The number of nitrogens with zero attached hydrogens (tertiary/aromatic N) is 4. The Labute approximate surface area is 233 Å². The molecule has 2 fully saturated rings.